The summed E-state index contributed by atoms with van der Waals surface area (Å²) in [6.45, 7) is 2.25. The molecule has 2 N–H and O–H groups in total. The van der Waals surface area contributed by atoms with Crippen LogP contribution in [0.2, 0.25) is 0 Å². The van der Waals surface area contributed by atoms with Gasteiger partial charge in [-0.15, -0.1) is 0 Å². The van der Waals surface area contributed by atoms with E-state index in [1.54, 1.807) is 25.3 Å². The molecule has 0 fully saturated rings. The molecule has 142 valence electrons. The topological polar surface area (TPSA) is 62.1 Å². The molecule has 0 atom stereocenters. The molecular formula is C21H35NO3. The maximum atomic E-state index is 9.96. The van der Waals surface area contributed by atoms with Crippen molar-refractivity contribution in [1.29, 1.82) is 0 Å². The van der Waals surface area contributed by atoms with E-state index in [9.17, 15) is 10.3 Å². The summed E-state index contributed by atoms with van der Waals surface area (Å²) in [6.07, 6.45) is 14.8. The zero-order chi connectivity index (χ0) is 18.3. The molecule has 0 amide bonds. The van der Waals surface area contributed by atoms with E-state index in [1.165, 1.54) is 57.8 Å². The second kappa shape index (κ2) is 13.6. The molecule has 4 heteroatoms. The molecule has 0 bridgehead atoms. The van der Waals surface area contributed by atoms with Crippen LogP contribution in [0, 0.1) is 0 Å². The minimum absolute atomic E-state index is 0.122. The second-order valence-corrected chi connectivity index (χ2v) is 6.72. The Morgan fingerprint density at radius 3 is 2.00 bits per heavy atom. The van der Waals surface area contributed by atoms with Crippen molar-refractivity contribution >= 4 is 5.71 Å². The van der Waals surface area contributed by atoms with Crippen LogP contribution in [0.15, 0.2) is 23.4 Å². The van der Waals surface area contributed by atoms with Crippen LogP contribution >= 0.6 is 0 Å². The first-order valence-corrected chi connectivity index (χ1v) is 9.81. The molecule has 1 rings (SSSR count). The molecule has 0 saturated heterocycles. The third-order valence-corrected chi connectivity index (χ3v) is 4.65. The number of methoxy groups -OCH3 is 1. The van der Waals surface area contributed by atoms with Gasteiger partial charge in [0.2, 0.25) is 0 Å². The van der Waals surface area contributed by atoms with E-state index >= 15 is 0 Å². The molecule has 0 heterocycles. The summed E-state index contributed by atoms with van der Waals surface area (Å²) in [6, 6.07) is 4.97. The molecule has 25 heavy (non-hydrogen) atoms. The van der Waals surface area contributed by atoms with Gasteiger partial charge in [-0.2, -0.15) is 0 Å². The normalized spacial score (nSPS) is 11.7. The highest BCUT2D eigenvalue weighted by Gasteiger charge is 2.11. The Hall–Kier alpha value is -1.71. The highest BCUT2D eigenvalue weighted by Crippen LogP contribution is 2.25. The zero-order valence-electron chi connectivity index (χ0n) is 16.0. The molecule has 1 aromatic rings. The first-order valence-electron chi connectivity index (χ1n) is 9.81. The number of hydrogen-bond acceptors (Lipinski definition) is 4. The maximum absolute atomic E-state index is 9.96. The van der Waals surface area contributed by atoms with Gasteiger partial charge in [-0.1, -0.05) is 76.3 Å². The lowest BCUT2D eigenvalue weighted by Gasteiger charge is -2.09. The molecule has 0 aliphatic rings. The van der Waals surface area contributed by atoms with Crippen molar-refractivity contribution in [3.05, 3.63) is 23.8 Å². The number of nitrogens with zero attached hydrogens (tertiary/aromatic N) is 1. The van der Waals surface area contributed by atoms with Crippen molar-refractivity contribution in [3.8, 4) is 11.5 Å². The number of benzene rings is 1. The van der Waals surface area contributed by atoms with Crippen LogP contribution in [0.5, 0.6) is 11.5 Å². The van der Waals surface area contributed by atoms with E-state index in [0.29, 0.717) is 23.4 Å². The average Bonchev–Trinajstić information content (AvgIpc) is 2.63. The van der Waals surface area contributed by atoms with Crippen LogP contribution in [0.3, 0.4) is 0 Å². The standard InChI is InChI=1S/C21H35NO3/c1-3-4-5-6-7-8-9-10-11-12-13-14-20(22-24)19-17-18(25-2)15-16-21(19)23/h15-17,23-24H,3-14H2,1-2H3/b22-20-. The third-order valence-electron chi connectivity index (χ3n) is 4.65. The van der Waals surface area contributed by atoms with Gasteiger partial charge in [0.15, 0.2) is 0 Å². The van der Waals surface area contributed by atoms with E-state index in [1.807, 2.05) is 0 Å². The van der Waals surface area contributed by atoms with Gasteiger partial charge in [0, 0.05) is 5.56 Å². The van der Waals surface area contributed by atoms with Crippen LogP contribution in [-0.4, -0.2) is 23.1 Å². The highest BCUT2D eigenvalue weighted by molar-refractivity contribution is 6.02. The van der Waals surface area contributed by atoms with Gasteiger partial charge in [0.25, 0.3) is 0 Å². The lowest BCUT2D eigenvalue weighted by molar-refractivity contribution is 0.317. The van der Waals surface area contributed by atoms with Crippen molar-refractivity contribution < 1.29 is 15.1 Å². The smallest absolute Gasteiger partial charge is 0.125 e. The monoisotopic (exact) mass is 349 g/mol. The quantitative estimate of drug-likeness (QED) is 0.180. The van der Waals surface area contributed by atoms with Crippen molar-refractivity contribution in [3.63, 3.8) is 0 Å². The second-order valence-electron chi connectivity index (χ2n) is 6.72. The Labute approximate surface area is 152 Å². The minimum atomic E-state index is 0.122. The van der Waals surface area contributed by atoms with Gasteiger partial charge < -0.3 is 15.1 Å². The first kappa shape index (κ1) is 21.3. The molecule has 0 spiro atoms. The first-order chi connectivity index (χ1) is 12.2. The van der Waals surface area contributed by atoms with E-state index < -0.39 is 0 Å². The van der Waals surface area contributed by atoms with Gasteiger partial charge >= 0.3 is 0 Å². The van der Waals surface area contributed by atoms with Crippen LogP contribution in [0.4, 0.5) is 0 Å². The summed E-state index contributed by atoms with van der Waals surface area (Å²) >= 11 is 0. The Bertz CT molecular complexity index is 500. The number of oxime groups is 1. The highest BCUT2D eigenvalue weighted by atomic mass is 16.5. The van der Waals surface area contributed by atoms with Gasteiger partial charge in [-0.25, -0.2) is 0 Å². The van der Waals surface area contributed by atoms with Crippen molar-refractivity contribution in [2.45, 2.75) is 84.0 Å². The third kappa shape index (κ3) is 8.80. The van der Waals surface area contributed by atoms with E-state index in [-0.39, 0.29) is 5.75 Å². The Morgan fingerprint density at radius 2 is 1.48 bits per heavy atom. The van der Waals surface area contributed by atoms with E-state index in [0.717, 1.165) is 12.8 Å². The molecule has 0 aliphatic heterocycles. The predicted octanol–water partition coefficient (Wildman–Crippen LogP) is 6.28. The van der Waals surface area contributed by atoms with Crippen molar-refractivity contribution in [1.82, 2.24) is 0 Å². The average molecular weight is 350 g/mol. The van der Waals surface area contributed by atoms with E-state index in [4.69, 9.17) is 4.74 Å². The molecule has 0 unspecified atom stereocenters. The van der Waals surface area contributed by atoms with Gasteiger partial charge in [0.1, 0.15) is 11.5 Å². The van der Waals surface area contributed by atoms with Gasteiger partial charge in [0.05, 0.1) is 12.8 Å². The summed E-state index contributed by atoms with van der Waals surface area (Å²) in [5.41, 5.74) is 1.07. The summed E-state index contributed by atoms with van der Waals surface area (Å²) in [4.78, 5) is 0. The lowest BCUT2D eigenvalue weighted by atomic mass is 10.0. The molecule has 0 saturated carbocycles. The van der Waals surface area contributed by atoms with Crippen molar-refractivity contribution in [2.75, 3.05) is 7.11 Å². The largest absolute Gasteiger partial charge is 0.507 e. The summed E-state index contributed by atoms with van der Waals surface area (Å²) in [7, 11) is 1.58. The number of aromatic hydroxyl groups is 1. The zero-order valence-corrected chi connectivity index (χ0v) is 16.0. The number of ether oxygens (including phenoxy) is 1. The van der Waals surface area contributed by atoms with Crippen LogP contribution in [0.1, 0.15) is 89.5 Å². The molecule has 0 aromatic heterocycles. The SMILES string of the molecule is CCCCCCCCCCCCC/C(=N/O)c1cc(OC)ccc1O. The van der Waals surface area contributed by atoms with Gasteiger partial charge in [-0.05, 0) is 31.0 Å². The van der Waals surface area contributed by atoms with Crippen LogP contribution in [0.25, 0.3) is 0 Å². The number of rotatable bonds is 14. The molecule has 4 nitrogen and oxygen atoms in total. The minimum Gasteiger partial charge on any atom is -0.507 e. The number of hydrogen-bond donors (Lipinski definition) is 2. The van der Waals surface area contributed by atoms with Crippen LogP contribution in [-0.2, 0) is 0 Å². The summed E-state index contributed by atoms with van der Waals surface area (Å²) in [5.74, 6) is 0.768. The molecule has 0 radical (unpaired) electrons. The Balaban J connectivity index is 2.18. The molecular weight excluding hydrogens is 314 g/mol. The fourth-order valence-electron chi connectivity index (χ4n) is 3.07. The summed E-state index contributed by atoms with van der Waals surface area (Å²) in [5, 5.41) is 22.6. The van der Waals surface area contributed by atoms with Gasteiger partial charge in [-0.3, -0.25) is 0 Å². The van der Waals surface area contributed by atoms with E-state index in [2.05, 4.69) is 12.1 Å². The Kier molecular flexibility index (Phi) is 11.6. The fourth-order valence-corrected chi connectivity index (χ4v) is 3.07. The lowest BCUT2D eigenvalue weighted by Crippen LogP contribution is -2.02. The predicted molar refractivity (Wildman–Crippen MR) is 104 cm³/mol. The number of unbranched alkanes of at least 4 members (excludes halogenated alkanes) is 10. The Morgan fingerprint density at radius 1 is 0.920 bits per heavy atom. The van der Waals surface area contributed by atoms with Crippen LogP contribution < -0.4 is 4.74 Å². The summed E-state index contributed by atoms with van der Waals surface area (Å²) < 4.78 is 5.17. The number of phenols is 1. The number of phenolic OH excluding ortho intramolecular Hbond substituents is 1. The van der Waals surface area contributed by atoms with Crippen molar-refractivity contribution in [2.24, 2.45) is 5.16 Å². The molecule has 1 aromatic carbocycles. The molecule has 0 aliphatic carbocycles. The maximum Gasteiger partial charge on any atom is 0.125 e. The fraction of sp³-hybridized carbons (Fsp3) is 0.667.